The Bertz CT molecular complexity index is 837. The maximum Gasteiger partial charge on any atom is 0.227 e. The Morgan fingerprint density at radius 2 is 1.97 bits per heavy atom. The first-order chi connectivity index (χ1) is 13.8. The summed E-state index contributed by atoms with van der Waals surface area (Å²) in [5.41, 5.74) is 1.09. The molecule has 1 aromatic rings. The lowest BCUT2D eigenvalue weighted by atomic mass is 9.42. The SMILES string of the molecule is CCC12CC3CC(O)(C1)CC(C(=O)NCc1ccc(N4CCCC4=O)cc1)(C3)C2. The van der Waals surface area contributed by atoms with Gasteiger partial charge < -0.3 is 15.3 Å². The van der Waals surface area contributed by atoms with Crippen LogP contribution in [0.4, 0.5) is 5.69 Å². The van der Waals surface area contributed by atoms with Crippen molar-refractivity contribution in [1.29, 1.82) is 0 Å². The molecule has 29 heavy (non-hydrogen) atoms. The van der Waals surface area contributed by atoms with Gasteiger partial charge in [-0.05, 0) is 74.0 Å². The van der Waals surface area contributed by atoms with Crippen molar-refractivity contribution in [1.82, 2.24) is 5.32 Å². The average molecular weight is 397 g/mol. The first-order valence-electron chi connectivity index (χ1n) is 11.2. The van der Waals surface area contributed by atoms with Crippen molar-refractivity contribution in [3.63, 3.8) is 0 Å². The van der Waals surface area contributed by atoms with Gasteiger partial charge in [0, 0.05) is 25.2 Å². The Labute approximate surface area is 172 Å². The number of hydrogen-bond donors (Lipinski definition) is 2. The Balaban J connectivity index is 1.27. The molecule has 156 valence electrons. The van der Waals surface area contributed by atoms with E-state index < -0.39 is 11.0 Å². The van der Waals surface area contributed by atoms with E-state index in [0.717, 1.165) is 56.3 Å². The van der Waals surface area contributed by atoms with E-state index in [-0.39, 0.29) is 17.2 Å². The predicted molar refractivity (Wildman–Crippen MR) is 111 cm³/mol. The zero-order chi connectivity index (χ0) is 20.3. The number of aliphatic hydroxyl groups is 1. The number of amides is 2. The number of nitrogens with one attached hydrogen (secondary N) is 1. The van der Waals surface area contributed by atoms with E-state index in [2.05, 4.69) is 12.2 Å². The summed E-state index contributed by atoms with van der Waals surface area (Å²) >= 11 is 0. The van der Waals surface area contributed by atoms with Gasteiger partial charge in [0.05, 0.1) is 11.0 Å². The first-order valence-corrected chi connectivity index (χ1v) is 11.2. The van der Waals surface area contributed by atoms with Crippen molar-refractivity contribution in [3.05, 3.63) is 29.8 Å². The number of rotatable bonds is 5. The van der Waals surface area contributed by atoms with E-state index in [0.29, 0.717) is 25.3 Å². The highest BCUT2D eigenvalue weighted by Crippen LogP contribution is 2.67. The molecule has 5 fully saturated rings. The summed E-state index contributed by atoms with van der Waals surface area (Å²) in [6.45, 7) is 3.51. The van der Waals surface area contributed by atoms with Gasteiger partial charge in [0.15, 0.2) is 0 Å². The Morgan fingerprint density at radius 3 is 2.62 bits per heavy atom. The summed E-state index contributed by atoms with van der Waals surface area (Å²) in [6.07, 6.45) is 8.02. The molecule has 1 aromatic carbocycles. The number of hydrogen-bond acceptors (Lipinski definition) is 3. The van der Waals surface area contributed by atoms with Crippen LogP contribution in [0.1, 0.15) is 70.3 Å². The summed E-state index contributed by atoms with van der Waals surface area (Å²) in [7, 11) is 0. The van der Waals surface area contributed by atoms with E-state index in [1.807, 2.05) is 29.2 Å². The largest absolute Gasteiger partial charge is 0.390 e. The van der Waals surface area contributed by atoms with Crippen molar-refractivity contribution < 1.29 is 14.7 Å². The van der Waals surface area contributed by atoms with Gasteiger partial charge in [-0.2, -0.15) is 0 Å². The van der Waals surface area contributed by atoms with Gasteiger partial charge >= 0.3 is 0 Å². The topological polar surface area (TPSA) is 69.6 Å². The van der Waals surface area contributed by atoms with Gasteiger partial charge in [-0.25, -0.2) is 0 Å². The fourth-order valence-electron chi connectivity index (χ4n) is 7.32. The number of benzene rings is 1. The van der Waals surface area contributed by atoms with Crippen molar-refractivity contribution in [2.45, 2.75) is 76.9 Å². The summed E-state index contributed by atoms with van der Waals surface area (Å²) in [6, 6.07) is 7.96. The maximum absolute atomic E-state index is 13.3. The number of nitrogens with zero attached hydrogens (tertiary/aromatic N) is 1. The zero-order valence-corrected chi connectivity index (χ0v) is 17.4. The van der Waals surface area contributed by atoms with Gasteiger partial charge in [0.25, 0.3) is 0 Å². The van der Waals surface area contributed by atoms with Crippen molar-refractivity contribution in [2.75, 3.05) is 11.4 Å². The van der Waals surface area contributed by atoms with E-state index in [9.17, 15) is 14.7 Å². The minimum Gasteiger partial charge on any atom is -0.390 e. The normalized spacial score (nSPS) is 37.9. The van der Waals surface area contributed by atoms with Crippen LogP contribution in [0.25, 0.3) is 0 Å². The van der Waals surface area contributed by atoms with Crippen LogP contribution in [-0.2, 0) is 16.1 Å². The van der Waals surface area contributed by atoms with Crippen LogP contribution >= 0.6 is 0 Å². The molecule has 4 unspecified atom stereocenters. The van der Waals surface area contributed by atoms with Crippen LogP contribution in [0.3, 0.4) is 0 Å². The molecule has 2 N–H and O–H groups in total. The summed E-state index contributed by atoms with van der Waals surface area (Å²) in [5, 5.41) is 14.3. The molecule has 4 bridgehead atoms. The highest BCUT2D eigenvalue weighted by molar-refractivity contribution is 5.95. The van der Waals surface area contributed by atoms with Gasteiger partial charge in [0.1, 0.15) is 0 Å². The lowest BCUT2D eigenvalue weighted by molar-refractivity contribution is -0.204. The first kappa shape index (κ1) is 19.1. The fraction of sp³-hybridized carbons (Fsp3) is 0.667. The third-order valence-electron chi connectivity index (χ3n) is 8.16. The molecule has 0 aromatic heterocycles. The third-order valence-corrected chi connectivity index (χ3v) is 8.16. The standard InChI is InChI=1S/C24H32N2O3/c1-2-22-10-18-11-23(14-22,16-24(29,12-18)15-22)21(28)25-13-17-5-7-19(8-6-17)26-9-3-4-20(26)27/h5-8,18,29H,2-4,9-16H2,1H3,(H,25,28). The van der Waals surface area contributed by atoms with Gasteiger partial charge in [-0.15, -0.1) is 0 Å². The quantitative estimate of drug-likeness (QED) is 0.800. The molecule has 5 nitrogen and oxygen atoms in total. The van der Waals surface area contributed by atoms with Crippen LogP contribution in [0.2, 0.25) is 0 Å². The Hall–Kier alpha value is -1.88. The van der Waals surface area contributed by atoms with Crippen LogP contribution in [-0.4, -0.2) is 29.1 Å². The molecule has 1 heterocycles. The molecule has 4 atom stereocenters. The highest BCUT2D eigenvalue weighted by Gasteiger charge is 2.64. The van der Waals surface area contributed by atoms with Gasteiger partial charge in [-0.3, -0.25) is 9.59 Å². The summed E-state index contributed by atoms with van der Waals surface area (Å²) in [5.74, 6) is 0.798. The molecule has 1 saturated heterocycles. The lowest BCUT2D eigenvalue weighted by Gasteiger charge is -2.64. The Kier molecular flexibility index (Phi) is 4.32. The molecule has 5 aliphatic rings. The second-order valence-corrected chi connectivity index (χ2v) is 10.4. The second kappa shape index (κ2) is 6.56. The molecule has 0 radical (unpaired) electrons. The zero-order valence-electron chi connectivity index (χ0n) is 17.4. The van der Waals surface area contributed by atoms with Gasteiger partial charge in [0.2, 0.25) is 11.8 Å². The molecule has 2 amide bonds. The minimum atomic E-state index is -0.642. The number of carbonyl (C=O) groups excluding carboxylic acids is 2. The molecule has 4 saturated carbocycles. The Morgan fingerprint density at radius 1 is 1.17 bits per heavy atom. The minimum absolute atomic E-state index is 0.122. The van der Waals surface area contributed by atoms with E-state index in [4.69, 9.17) is 0 Å². The van der Waals surface area contributed by atoms with Gasteiger partial charge in [-0.1, -0.05) is 25.5 Å². The summed E-state index contributed by atoms with van der Waals surface area (Å²) < 4.78 is 0. The maximum atomic E-state index is 13.3. The monoisotopic (exact) mass is 396 g/mol. The summed E-state index contributed by atoms with van der Waals surface area (Å²) in [4.78, 5) is 27.1. The third kappa shape index (κ3) is 3.18. The number of anilines is 1. The average Bonchev–Trinajstić information content (AvgIpc) is 3.10. The molecular formula is C24H32N2O3. The lowest BCUT2D eigenvalue weighted by Crippen LogP contribution is -2.63. The molecule has 5 heteroatoms. The van der Waals surface area contributed by atoms with Crippen molar-refractivity contribution >= 4 is 17.5 Å². The smallest absolute Gasteiger partial charge is 0.227 e. The molecule has 6 rings (SSSR count). The van der Waals surface area contributed by atoms with Crippen LogP contribution < -0.4 is 10.2 Å². The van der Waals surface area contributed by atoms with Crippen molar-refractivity contribution in [2.24, 2.45) is 16.7 Å². The molecular weight excluding hydrogens is 364 g/mol. The van der Waals surface area contributed by atoms with E-state index in [1.54, 1.807) is 0 Å². The fourth-order valence-corrected chi connectivity index (χ4v) is 7.32. The van der Waals surface area contributed by atoms with E-state index >= 15 is 0 Å². The van der Waals surface area contributed by atoms with Crippen LogP contribution in [0, 0.1) is 16.7 Å². The molecule has 4 aliphatic carbocycles. The van der Waals surface area contributed by atoms with Crippen LogP contribution in [0.5, 0.6) is 0 Å². The van der Waals surface area contributed by atoms with Crippen molar-refractivity contribution in [3.8, 4) is 0 Å². The predicted octanol–water partition coefficient (Wildman–Crippen LogP) is 3.54. The van der Waals surface area contributed by atoms with E-state index in [1.165, 1.54) is 6.42 Å². The van der Waals surface area contributed by atoms with Crippen LogP contribution in [0.15, 0.2) is 24.3 Å². The second-order valence-electron chi connectivity index (χ2n) is 10.4. The number of carbonyl (C=O) groups is 2. The molecule has 0 spiro atoms. The molecule has 1 aliphatic heterocycles. The highest BCUT2D eigenvalue weighted by atomic mass is 16.3.